The Labute approximate surface area is 224 Å². The van der Waals surface area contributed by atoms with Crippen molar-refractivity contribution >= 4 is 23.3 Å². The van der Waals surface area contributed by atoms with Crippen molar-refractivity contribution in [3.8, 4) is 0 Å². The van der Waals surface area contributed by atoms with Crippen LogP contribution in [0.15, 0.2) is 11.1 Å². The van der Waals surface area contributed by atoms with Crippen molar-refractivity contribution in [1.29, 1.82) is 0 Å². The van der Waals surface area contributed by atoms with Crippen molar-refractivity contribution in [2.24, 2.45) is 45.3 Å². The SMILES string of the molecule is CC(CC(=O)CC(C)C1CC(=O)C2(C)C3=C(C(=O)[C@@H](O)C12C)C1(C)CC[C@H](O)C(C)(C)C1C[C@@H]3O)C(=O)O. The van der Waals surface area contributed by atoms with Gasteiger partial charge < -0.3 is 20.4 Å². The molecule has 38 heavy (non-hydrogen) atoms. The van der Waals surface area contributed by atoms with Crippen molar-refractivity contribution in [3.05, 3.63) is 11.1 Å². The highest BCUT2D eigenvalue weighted by Gasteiger charge is 2.73. The van der Waals surface area contributed by atoms with E-state index in [9.17, 15) is 39.6 Å². The number of carbonyl (C=O) groups is 4. The van der Waals surface area contributed by atoms with Crippen LogP contribution in [0.25, 0.3) is 0 Å². The van der Waals surface area contributed by atoms with E-state index in [2.05, 4.69) is 0 Å². The van der Waals surface area contributed by atoms with Gasteiger partial charge in [-0.05, 0) is 60.3 Å². The van der Waals surface area contributed by atoms with E-state index in [-0.39, 0.29) is 42.7 Å². The lowest BCUT2D eigenvalue weighted by molar-refractivity contribution is -0.159. The van der Waals surface area contributed by atoms with Gasteiger partial charge in [-0.1, -0.05) is 41.5 Å². The maximum Gasteiger partial charge on any atom is 0.306 e. The van der Waals surface area contributed by atoms with E-state index in [1.165, 1.54) is 6.92 Å². The smallest absolute Gasteiger partial charge is 0.306 e. The summed E-state index contributed by atoms with van der Waals surface area (Å²) in [6, 6.07) is 0. The molecule has 0 amide bonds. The summed E-state index contributed by atoms with van der Waals surface area (Å²) in [6.45, 7) is 12.7. The van der Waals surface area contributed by atoms with Crippen molar-refractivity contribution in [2.45, 2.75) is 105 Å². The van der Waals surface area contributed by atoms with Gasteiger partial charge in [0.1, 0.15) is 17.7 Å². The third kappa shape index (κ3) is 3.66. The van der Waals surface area contributed by atoms with Crippen molar-refractivity contribution < 1.29 is 39.6 Å². The van der Waals surface area contributed by atoms with Crippen LogP contribution in [0, 0.1) is 45.3 Å². The summed E-state index contributed by atoms with van der Waals surface area (Å²) < 4.78 is 0. The molecule has 4 rings (SSSR count). The largest absolute Gasteiger partial charge is 0.481 e. The van der Waals surface area contributed by atoms with Crippen LogP contribution < -0.4 is 0 Å². The topological polar surface area (TPSA) is 149 Å². The Morgan fingerprint density at radius 1 is 1.00 bits per heavy atom. The molecule has 2 saturated carbocycles. The number of aliphatic hydroxyl groups is 3. The summed E-state index contributed by atoms with van der Waals surface area (Å²) in [5.74, 6) is -3.81. The molecule has 0 heterocycles. The van der Waals surface area contributed by atoms with Gasteiger partial charge in [-0.3, -0.25) is 19.2 Å². The van der Waals surface area contributed by atoms with Crippen molar-refractivity contribution in [3.63, 3.8) is 0 Å². The summed E-state index contributed by atoms with van der Waals surface area (Å²) in [7, 11) is 0. The molecule has 0 aromatic rings. The van der Waals surface area contributed by atoms with Crippen LogP contribution >= 0.6 is 0 Å². The van der Waals surface area contributed by atoms with Gasteiger partial charge >= 0.3 is 5.97 Å². The van der Waals surface area contributed by atoms with Crippen molar-refractivity contribution in [1.82, 2.24) is 0 Å². The lowest BCUT2D eigenvalue weighted by Gasteiger charge is -2.62. The summed E-state index contributed by atoms with van der Waals surface area (Å²) >= 11 is 0. The van der Waals surface area contributed by atoms with Crippen LogP contribution in [-0.2, 0) is 19.2 Å². The average Bonchev–Trinajstić information content (AvgIpc) is 3.03. The molecule has 0 spiro atoms. The van der Waals surface area contributed by atoms with E-state index in [1.54, 1.807) is 13.8 Å². The maximum absolute atomic E-state index is 14.1. The van der Waals surface area contributed by atoms with E-state index >= 15 is 0 Å². The fourth-order valence-electron chi connectivity index (χ4n) is 9.13. The first-order chi connectivity index (χ1) is 17.4. The minimum Gasteiger partial charge on any atom is -0.481 e. The van der Waals surface area contributed by atoms with E-state index in [1.807, 2.05) is 27.7 Å². The highest BCUT2D eigenvalue weighted by atomic mass is 16.4. The zero-order chi connectivity index (χ0) is 28.7. The van der Waals surface area contributed by atoms with E-state index in [0.29, 0.717) is 30.4 Å². The molecule has 8 nitrogen and oxygen atoms in total. The van der Waals surface area contributed by atoms with Crippen LogP contribution in [0.2, 0.25) is 0 Å². The number of ketones is 3. The highest BCUT2D eigenvalue weighted by Crippen LogP contribution is 2.70. The number of aliphatic hydroxyl groups excluding tert-OH is 3. The number of hydrogen-bond acceptors (Lipinski definition) is 7. The Morgan fingerprint density at radius 2 is 1.61 bits per heavy atom. The van der Waals surface area contributed by atoms with Crippen molar-refractivity contribution in [2.75, 3.05) is 0 Å². The molecule has 0 aromatic heterocycles. The molecule has 10 atom stereocenters. The molecule has 8 heteroatoms. The molecule has 212 valence electrons. The van der Waals surface area contributed by atoms with Gasteiger partial charge in [0.25, 0.3) is 0 Å². The number of fused-ring (bicyclic) bond motifs is 4. The Kier molecular flexibility index (Phi) is 6.94. The Morgan fingerprint density at radius 3 is 2.18 bits per heavy atom. The van der Waals surface area contributed by atoms with Crippen LogP contribution in [0.5, 0.6) is 0 Å². The maximum atomic E-state index is 14.1. The van der Waals surface area contributed by atoms with Gasteiger partial charge in [-0.25, -0.2) is 0 Å². The van der Waals surface area contributed by atoms with Crippen LogP contribution in [0.1, 0.15) is 87.0 Å². The number of aliphatic carboxylic acids is 1. The molecular formula is C30H44O8. The number of Topliss-reactive ketones (excluding diaryl/α,β-unsaturated/α-hetero) is 3. The molecule has 0 aromatic carbocycles. The van der Waals surface area contributed by atoms with E-state index < -0.39 is 63.6 Å². The summed E-state index contributed by atoms with van der Waals surface area (Å²) in [5, 5.41) is 43.3. The van der Waals surface area contributed by atoms with E-state index in [0.717, 1.165) is 0 Å². The molecule has 4 N–H and O–H groups in total. The van der Waals surface area contributed by atoms with Gasteiger partial charge in [-0.15, -0.1) is 0 Å². The lowest BCUT2D eigenvalue weighted by Crippen LogP contribution is -2.64. The molecule has 2 fully saturated rings. The minimum atomic E-state index is -1.49. The first-order valence-corrected chi connectivity index (χ1v) is 14.0. The standard InChI is InChI=1S/C30H44O8/c1-14(10-16(31)11-15(2)26(37)38)17-12-21(34)30(7)22-18(32)13-19-27(3,4)20(33)8-9-28(19,5)23(22)24(35)25(36)29(17,30)6/h14-15,17-20,25,32-33,36H,8-13H2,1-7H3,(H,37,38)/t14?,15?,17?,18-,19?,20-,25+,28?,29?,30?/m0/s1. The third-order valence-corrected chi connectivity index (χ3v) is 11.7. The first kappa shape index (κ1) is 29.1. The van der Waals surface area contributed by atoms with Crippen LogP contribution in [0.4, 0.5) is 0 Å². The van der Waals surface area contributed by atoms with E-state index in [4.69, 9.17) is 0 Å². The van der Waals surface area contributed by atoms with Gasteiger partial charge in [0.2, 0.25) is 0 Å². The summed E-state index contributed by atoms with van der Waals surface area (Å²) in [5.41, 5.74) is -3.00. The predicted molar refractivity (Wildman–Crippen MR) is 139 cm³/mol. The average molecular weight is 533 g/mol. The lowest BCUT2D eigenvalue weighted by atomic mass is 9.42. The zero-order valence-corrected chi connectivity index (χ0v) is 23.7. The molecule has 0 radical (unpaired) electrons. The fourth-order valence-corrected chi connectivity index (χ4v) is 9.13. The molecular weight excluding hydrogens is 488 g/mol. The van der Waals surface area contributed by atoms with Gasteiger partial charge in [0.05, 0.1) is 23.5 Å². The molecule has 4 aliphatic rings. The highest BCUT2D eigenvalue weighted by molar-refractivity contribution is 6.07. The molecule has 0 bridgehead atoms. The number of carboxylic acids is 1. The van der Waals surface area contributed by atoms with Gasteiger partial charge in [-0.2, -0.15) is 0 Å². The second-order valence-electron chi connectivity index (χ2n) is 14.0. The second kappa shape index (κ2) is 9.07. The minimum absolute atomic E-state index is 0.0441. The van der Waals surface area contributed by atoms with Crippen LogP contribution in [-0.4, -0.2) is 62.1 Å². The number of carboxylic acid groups (broad SMARTS) is 1. The quantitative estimate of drug-likeness (QED) is 0.408. The first-order valence-electron chi connectivity index (χ1n) is 14.0. The summed E-state index contributed by atoms with van der Waals surface area (Å²) in [6.07, 6.45) is -1.84. The normalized spacial score (nSPS) is 43.7. The number of rotatable bonds is 6. The Balaban J connectivity index is 1.79. The fraction of sp³-hybridized carbons (Fsp3) is 0.800. The zero-order valence-electron chi connectivity index (χ0n) is 23.7. The van der Waals surface area contributed by atoms with Crippen LogP contribution in [0.3, 0.4) is 0 Å². The molecule has 4 aliphatic carbocycles. The Bertz CT molecular complexity index is 1110. The monoisotopic (exact) mass is 532 g/mol. The molecule has 7 unspecified atom stereocenters. The number of hydrogen-bond donors (Lipinski definition) is 4. The number of carbonyl (C=O) groups excluding carboxylic acids is 3. The van der Waals surface area contributed by atoms with Gasteiger partial charge in [0, 0.05) is 30.3 Å². The Hall–Kier alpha value is -1.90. The predicted octanol–water partition coefficient (Wildman–Crippen LogP) is 3.10. The second-order valence-corrected chi connectivity index (χ2v) is 14.0. The molecule has 0 aliphatic heterocycles. The van der Waals surface area contributed by atoms with Gasteiger partial charge in [0.15, 0.2) is 5.78 Å². The third-order valence-electron chi connectivity index (χ3n) is 11.7. The molecule has 0 saturated heterocycles. The summed E-state index contributed by atoms with van der Waals surface area (Å²) in [4.78, 5) is 52.0.